The van der Waals surface area contributed by atoms with E-state index in [0.717, 1.165) is 18.4 Å². The van der Waals surface area contributed by atoms with Crippen LogP contribution < -0.4 is 0 Å². The molecule has 2 nitrogen and oxygen atoms in total. The van der Waals surface area contributed by atoms with Crippen LogP contribution in [0.15, 0.2) is 6.08 Å². The first-order valence-electron chi connectivity index (χ1n) is 8.93. The molecule has 0 fully saturated rings. The molecule has 134 valence electrons. The zero-order valence-electron chi connectivity index (χ0n) is 16.2. The van der Waals surface area contributed by atoms with Crippen LogP contribution in [0.4, 0.5) is 0 Å². The fourth-order valence-electron chi connectivity index (χ4n) is 3.75. The topological polar surface area (TPSA) is 37.3 Å². The van der Waals surface area contributed by atoms with Gasteiger partial charge in [-0.3, -0.25) is 4.79 Å². The standard InChI is InChI=1S/C21H32O2S/c1-13-17(15-8-10-21(6,7)11-9-15)18(14(2)24-13)16(19(22)23)12-20(3,4)5/h8,16H,9-12H2,1-7H3,(H,22,23). The number of allylic oxidation sites excluding steroid dienone is 2. The van der Waals surface area contributed by atoms with Crippen molar-refractivity contribution in [2.45, 2.75) is 80.1 Å². The van der Waals surface area contributed by atoms with Gasteiger partial charge in [0.2, 0.25) is 0 Å². The third-order valence-corrected chi connectivity index (χ3v) is 6.10. The molecule has 1 heterocycles. The quantitative estimate of drug-likeness (QED) is 0.668. The Labute approximate surface area is 151 Å². The van der Waals surface area contributed by atoms with Gasteiger partial charge in [-0.1, -0.05) is 40.7 Å². The second kappa shape index (κ2) is 6.67. The molecule has 0 bridgehead atoms. The Bertz CT molecular complexity index is 656. The van der Waals surface area contributed by atoms with E-state index in [4.69, 9.17) is 0 Å². The molecule has 1 atom stereocenters. The summed E-state index contributed by atoms with van der Waals surface area (Å²) in [6.07, 6.45) is 6.33. The van der Waals surface area contributed by atoms with Crippen LogP contribution in [-0.2, 0) is 4.79 Å². The largest absolute Gasteiger partial charge is 0.481 e. The number of rotatable bonds is 4. The van der Waals surface area contributed by atoms with Gasteiger partial charge in [0.25, 0.3) is 0 Å². The van der Waals surface area contributed by atoms with Crippen LogP contribution in [0.5, 0.6) is 0 Å². The van der Waals surface area contributed by atoms with E-state index in [2.05, 4.69) is 54.5 Å². The number of aliphatic carboxylic acids is 1. The van der Waals surface area contributed by atoms with Gasteiger partial charge in [0, 0.05) is 9.75 Å². The van der Waals surface area contributed by atoms with Crippen LogP contribution in [0.1, 0.15) is 87.1 Å². The number of carboxylic acid groups (broad SMARTS) is 1. The molecule has 24 heavy (non-hydrogen) atoms. The third kappa shape index (κ3) is 4.30. The highest BCUT2D eigenvalue weighted by molar-refractivity contribution is 7.12. The molecule has 0 saturated carbocycles. The van der Waals surface area contributed by atoms with Crippen LogP contribution in [0.3, 0.4) is 0 Å². The molecule has 1 aliphatic rings. The zero-order chi connectivity index (χ0) is 18.3. The minimum Gasteiger partial charge on any atom is -0.481 e. The lowest BCUT2D eigenvalue weighted by atomic mass is 9.74. The highest BCUT2D eigenvalue weighted by Gasteiger charge is 2.33. The number of carboxylic acids is 1. The molecule has 1 aliphatic carbocycles. The van der Waals surface area contributed by atoms with Crippen molar-refractivity contribution < 1.29 is 9.90 Å². The van der Waals surface area contributed by atoms with Gasteiger partial charge in [-0.25, -0.2) is 0 Å². The summed E-state index contributed by atoms with van der Waals surface area (Å²) in [5.74, 6) is -1.11. The number of carbonyl (C=O) groups is 1. The Morgan fingerprint density at radius 1 is 1.29 bits per heavy atom. The van der Waals surface area contributed by atoms with E-state index in [0.29, 0.717) is 11.8 Å². The minimum atomic E-state index is -0.691. The first-order chi connectivity index (χ1) is 10.9. The smallest absolute Gasteiger partial charge is 0.311 e. The second-order valence-corrected chi connectivity index (χ2v) is 10.7. The maximum Gasteiger partial charge on any atom is 0.311 e. The van der Waals surface area contributed by atoms with Gasteiger partial charge >= 0.3 is 5.97 Å². The Morgan fingerprint density at radius 3 is 2.38 bits per heavy atom. The van der Waals surface area contributed by atoms with Crippen molar-refractivity contribution in [2.75, 3.05) is 0 Å². The molecule has 0 spiro atoms. The van der Waals surface area contributed by atoms with Crippen LogP contribution in [-0.4, -0.2) is 11.1 Å². The fourth-order valence-corrected chi connectivity index (χ4v) is 4.91. The highest BCUT2D eigenvalue weighted by atomic mass is 32.1. The van der Waals surface area contributed by atoms with Crippen LogP contribution in [0.2, 0.25) is 0 Å². The SMILES string of the molecule is Cc1sc(C)c(C(CC(C)(C)C)C(=O)O)c1C1=CCC(C)(C)CC1. The predicted octanol–water partition coefficient (Wildman–Crippen LogP) is 6.56. The zero-order valence-corrected chi connectivity index (χ0v) is 17.1. The highest BCUT2D eigenvalue weighted by Crippen LogP contribution is 2.46. The van der Waals surface area contributed by atoms with E-state index in [1.165, 1.54) is 27.3 Å². The molecular weight excluding hydrogens is 316 g/mol. The number of aryl methyl sites for hydroxylation is 2. The molecule has 0 radical (unpaired) electrons. The normalized spacial score (nSPS) is 19.0. The summed E-state index contributed by atoms with van der Waals surface area (Å²) in [4.78, 5) is 14.5. The van der Waals surface area contributed by atoms with Crippen molar-refractivity contribution in [3.05, 3.63) is 27.0 Å². The Balaban J connectivity index is 2.51. The average molecular weight is 349 g/mol. The van der Waals surface area contributed by atoms with E-state index < -0.39 is 11.9 Å². The lowest BCUT2D eigenvalue weighted by Gasteiger charge is -2.30. The van der Waals surface area contributed by atoms with Gasteiger partial charge in [-0.2, -0.15) is 0 Å². The molecule has 1 unspecified atom stereocenters. The fraction of sp³-hybridized carbons (Fsp3) is 0.667. The van der Waals surface area contributed by atoms with E-state index in [-0.39, 0.29) is 5.41 Å². The van der Waals surface area contributed by atoms with E-state index in [9.17, 15) is 9.90 Å². The molecule has 1 aromatic rings. The van der Waals surface area contributed by atoms with Crippen LogP contribution >= 0.6 is 11.3 Å². The monoisotopic (exact) mass is 348 g/mol. The van der Waals surface area contributed by atoms with E-state index in [1.54, 1.807) is 11.3 Å². The third-order valence-electron chi connectivity index (χ3n) is 5.06. The summed E-state index contributed by atoms with van der Waals surface area (Å²) >= 11 is 1.76. The first-order valence-corrected chi connectivity index (χ1v) is 9.75. The number of thiophene rings is 1. The van der Waals surface area contributed by atoms with Crippen molar-refractivity contribution in [1.82, 2.24) is 0 Å². The van der Waals surface area contributed by atoms with Crippen molar-refractivity contribution in [2.24, 2.45) is 10.8 Å². The molecule has 0 amide bonds. The van der Waals surface area contributed by atoms with Gasteiger partial charge in [-0.15, -0.1) is 11.3 Å². The Hall–Kier alpha value is -1.09. The van der Waals surface area contributed by atoms with Gasteiger partial charge in [0.15, 0.2) is 0 Å². The summed E-state index contributed by atoms with van der Waals surface area (Å²) in [6, 6.07) is 0. The Morgan fingerprint density at radius 2 is 1.92 bits per heavy atom. The molecule has 2 rings (SSSR count). The predicted molar refractivity (Wildman–Crippen MR) is 104 cm³/mol. The number of hydrogen-bond acceptors (Lipinski definition) is 2. The lowest BCUT2D eigenvalue weighted by molar-refractivity contribution is -0.139. The molecule has 1 aromatic heterocycles. The summed E-state index contributed by atoms with van der Waals surface area (Å²) in [6.45, 7) is 15.2. The maximum atomic E-state index is 12.1. The van der Waals surface area contributed by atoms with Crippen LogP contribution in [0.25, 0.3) is 5.57 Å². The minimum absolute atomic E-state index is 0.00839. The second-order valence-electron chi connectivity index (χ2n) is 9.26. The molecule has 0 aromatic carbocycles. The van der Waals surface area contributed by atoms with E-state index in [1.807, 2.05) is 0 Å². The molecule has 0 saturated heterocycles. The molecule has 0 aliphatic heterocycles. The van der Waals surface area contributed by atoms with Gasteiger partial charge in [0.05, 0.1) is 5.92 Å². The van der Waals surface area contributed by atoms with Gasteiger partial charge < -0.3 is 5.11 Å². The van der Waals surface area contributed by atoms with Crippen molar-refractivity contribution in [3.8, 4) is 0 Å². The molecular formula is C21H32O2S. The summed E-state index contributed by atoms with van der Waals surface area (Å²) in [5, 5.41) is 9.91. The van der Waals surface area contributed by atoms with E-state index >= 15 is 0 Å². The van der Waals surface area contributed by atoms with Gasteiger partial charge in [-0.05, 0) is 67.1 Å². The molecule has 3 heteroatoms. The maximum absolute atomic E-state index is 12.1. The van der Waals surface area contributed by atoms with Crippen molar-refractivity contribution >= 4 is 22.9 Å². The van der Waals surface area contributed by atoms with Crippen molar-refractivity contribution in [1.29, 1.82) is 0 Å². The first kappa shape index (κ1) is 19.2. The Kier molecular flexibility index (Phi) is 5.34. The van der Waals surface area contributed by atoms with Crippen LogP contribution in [0, 0.1) is 24.7 Å². The average Bonchev–Trinajstić information content (AvgIpc) is 2.70. The van der Waals surface area contributed by atoms with Gasteiger partial charge in [0.1, 0.15) is 0 Å². The molecule has 1 N–H and O–H groups in total. The van der Waals surface area contributed by atoms with Crippen molar-refractivity contribution in [3.63, 3.8) is 0 Å². The summed E-state index contributed by atoms with van der Waals surface area (Å²) in [5.41, 5.74) is 4.04. The lowest BCUT2D eigenvalue weighted by Crippen LogP contribution is -2.21. The summed E-state index contributed by atoms with van der Waals surface area (Å²) < 4.78 is 0. The summed E-state index contributed by atoms with van der Waals surface area (Å²) in [7, 11) is 0. The number of hydrogen-bond donors (Lipinski definition) is 1.